The number of hydrogen-bond acceptors (Lipinski definition) is 8. The van der Waals surface area contributed by atoms with Gasteiger partial charge in [-0.25, -0.2) is 19.9 Å². The van der Waals surface area contributed by atoms with Crippen LogP contribution in [0.3, 0.4) is 0 Å². The second-order valence-electron chi connectivity index (χ2n) is 7.24. The zero-order valence-electron chi connectivity index (χ0n) is 17.5. The Bertz CT molecular complexity index is 1190. The van der Waals surface area contributed by atoms with Crippen molar-refractivity contribution < 1.29 is 9.13 Å². The van der Waals surface area contributed by atoms with Crippen LogP contribution >= 0.6 is 11.3 Å². The van der Waals surface area contributed by atoms with Gasteiger partial charge < -0.3 is 15.8 Å². The molecule has 0 fully saturated rings. The molecule has 4 N–H and O–H groups in total. The predicted octanol–water partition coefficient (Wildman–Crippen LogP) is 5.24. The molecule has 0 saturated heterocycles. The minimum atomic E-state index is -0.494. The highest BCUT2D eigenvalue weighted by Crippen LogP contribution is 2.39. The third-order valence-corrected chi connectivity index (χ3v) is 6.06. The van der Waals surface area contributed by atoms with E-state index in [0.29, 0.717) is 41.2 Å². The topological polar surface area (TPSA) is 109 Å². The summed E-state index contributed by atoms with van der Waals surface area (Å²) in [6.07, 6.45) is 1.54. The van der Waals surface area contributed by atoms with Crippen molar-refractivity contribution in [3.8, 4) is 17.0 Å². The largest absolute Gasteiger partial charge is 0.482 e. The number of aryl methyl sites for hydroxylation is 1. The highest BCUT2D eigenvalue weighted by Gasteiger charge is 2.24. The van der Waals surface area contributed by atoms with Crippen molar-refractivity contribution in [3.63, 3.8) is 0 Å². The highest BCUT2D eigenvalue weighted by atomic mass is 32.1. The molecule has 1 unspecified atom stereocenters. The molecule has 1 aliphatic heterocycles. The third kappa shape index (κ3) is 4.00. The Kier molecular flexibility index (Phi) is 5.69. The standard InChI is InChI=1S/C22H23FN6OS/c1-4-26-20-13-7-18(22(24)27-10-13)30-11(2)16-8-14(23)5-6-15(16)21-19(9-17(20)29-25)31-12(3)28-21/h5-8,10-11,25-26H,4,9H2,1-3H3,(H2,24,27)/b20-17-,29-25?. The summed E-state index contributed by atoms with van der Waals surface area (Å²) in [5.41, 5.74) is 18.1. The first-order valence-corrected chi connectivity index (χ1v) is 10.8. The second-order valence-corrected chi connectivity index (χ2v) is 8.53. The molecule has 3 aromatic rings. The molecule has 2 aromatic heterocycles. The summed E-state index contributed by atoms with van der Waals surface area (Å²) < 4.78 is 20.3. The molecule has 2 bridgehead atoms. The van der Waals surface area contributed by atoms with E-state index < -0.39 is 6.10 Å². The molecular weight excluding hydrogens is 415 g/mol. The zero-order chi connectivity index (χ0) is 22.1. The third-order valence-electron chi connectivity index (χ3n) is 5.09. The molecule has 1 aromatic carbocycles. The number of pyridine rings is 1. The van der Waals surface area contributed by atoms with Crippen LogP contribution in [0.1, 0.15) is 41.0 Å². The molecule has 4 rings (SSSR count). The Morgan fingerprint density at radius 1 is 1.39 bits per heavy atom. The number of fused-ring (bicyclic) bond motifs is 5. The summed E-state index contributed by atoms with van der Waals surface area (Å²) in [4.78, 5) is 9.95. The number of anilines is 1. The number of nitrogens with zero attached hydrogens (tertiary/aromatic N) is 3. The average Bonchev–Trinajstić information content (AvgIpc) is 3.11. The minimum Gasteiger partial charge on any atom is -0.482 e. The lowest BCUT2D eigenvalue weighted by molar-refractivity contribution is 0.227. The number of nitrogens with one attached hydrogen (secondary N) is 2. The van der Waals surface area contributed by atoms with Crippen LogP contribution in [0.5, 0.6) is 5.75 Å². The first-order chi connectivity index (χ1) is 14.9. The van der Waals surface area contributed by atoms with Crippen LogP contribution in [0.15, 0.2) is 41.3 Å². The van der Waals surface area contributed by atoms with Crippen molar-refractivity contribution in [2.24, 2.45) is 5.11 Å². The number of nitrogen functional groups attached to an aromatic ring is 1. The molecule has 3 heterocycles. The van der Waals surface area contributed by atoms with Crippen molar-refractivity contribution in [2.45, 2.75) is 33.3 Å². The van der Waals surface area contributed by atoms with Gasteiger partial charge in [0.15, 0.2) is 11.6 Å². The summed E-state index contributed by atoms with van der Waals surface area (Å²) in [5.74, 6) is 0.261. The molecule has 160 valence electrons. The van der Waals surface area contributed by atoms with Gasteiger partial charge >= 0.3 is 0 Å². The van der Waals surface area contributed by atoms with E-state index in [0.717, 1.165) is 21.1 Å². The fourth-order valence-electron chi connectivity index (χ4n) is 3.71. The minimum absolute atomic E-state index is 0.232. The van der Waals surface area contributed by atoms with Gasteiger partial charge in [0, 0.05) is 40.7 Å². The number of allylic oxidation sites excluding steroid dienone is 1. The Labute approximate surface area is 183 Å². The summed E-state index contributed by atoms with van der Waals surface area (Å²) in [5, 5.41) is 8.01. The highest BCUT2D eigenvalue weighted by molar-refractivity contribution is 7.12. The number of ether oxygens (including phenoxy) is 1. The van der Waals surface area contributed by atoms with Crippen LogP contribution in [0.2, 0.25) is 0 Å². The lowest BCUT2D eigenvalue weighted by atomic mass is 9.98. The van der Waals surface area contributed by atoms with E-state index in [1.807, 2.05) is 20.8 Å². The monoisotopic (exact) mass is 438 g/mol. The van der Waals surface area contributed by atoms with E-state index in [1.165, 1.54) is 23.5 Å². The number of benzene rings is 1. The SMILES string of the molecule is CCN/C1=C(\N=N)Cc2sc(C)nc2-c2ccc(F)cc2C(C)Oc2cc1cnc2N. The number of nitrogens with two attached hydrogens (primary N) is 1. The molecule has 0 aliphatic carbocycles. The van der Waals surface area contributed by atoms with Gasteiger partial charge in [-0.3, -0.25) is 0 Å². The second kappa shape index (κ2) is 8.43. The Morgan fingerprint density at radius 3 is 2.94 bits per heavy atom. The van der Waals surface area contributed by atoms with Crippen molar-refractivity contribution in [1.82, 2.24) is 15.3 Å². The Morgan fingerprint density at radius 2 is 2.19 bits per heavy atom. The molecule has 1 atom stereocenters. The maximum absolute atomic E-state index is 14.2. The van der Waals surface area contributed by atoms with Crippen LogP contribution in [-0.4, -0.2) is 16.5 Å². The number of hydrogen-bond donors (Lipinski definition) is 3. The number of halogens is 1. The fraction of sp³-hybridized carbons (Fsp3) is 0.273. The van der Waals surface area contributed by atoms with Crippen LogP contribution in [0, 0.1) is 18.3 Å². The van der Waals surface area contributed by atoms with Gasteiger partial charge in [-0.1, -0.05) is 0 Å². The van der Waals surface area contributed by atoms with Gasteiger partial charge in [0.05, 0.1) is 22.1 Å². The maximum Gasteiger partial charge on any atom is 0.166 e. The molecule has 9 heteroatoms. The van der Waals surface area contributed by atoms with Gasteiger partial charge in [0.1, 0.15) is 11.9 Å². The van der Waals surface area contributed by atoms with Crippen molar-refractivity contribution >= 4 is 22.9 Å². The molecule has 1 aliphatic rings. The number of thiazole rings is 1. The molecule has 0 radical (unpaired) electrons. The van der Waals surface area contributed by atoms with E-state index in [9.17, 15) is 4.39 Å². The van der Waals surface area contributed by atoms with Gasteiger partial charge in [0.2, 0.25) is 0 Å². The van der Waals surface area contributed by atoms with Crippen LogP contribution in [0.25, 0.3) is 17.0 Å². The quantitative estimate of drug-likeness (QED) is 0.485. The molecule has 31 heavy (non-hydrogen) atoms. The Hall–Kier alpha value is -3.33. The Balaban J connectivity index is 2.03. The van der Waals surface area contributed by atoms with Gasteiger partial charge in [0.25, 0.3) is 0 Å². The summed E-state index contributed by atoms with van der Waals surface area (Å²) in [7, 11) is 0. The van der Waals surface area contributed by atoms with Gasteiger partial charge in [-0.05, 0) is 45.0 Å². The summed E-state index contributed by atoms with van der Waals surface area (Å²) in [6, 6.07) is 6.38. The smallest absolute Gasteiger partial charge is 0.166 e. The summed E-state index contributed by atoms with van der Waals surface area (Å²) >= 11 is 1.54. The van der Waals surface area contributed by atoms with Crippen LogP contribution in [-0.2, 0) is 6.42 Å². The normalized spacial score (nSPS) is 18.1. The molecule has 0 spiro atoms. The van der Waals surface area contributed by atoms with Crippen molar-refractivity contribution in [3.05, 3.63) is 63.0 Å². The fourth-order valence-corrected chi connectivity index (χ4v) is 4.66. The van der Waals surface area contributed by atoms with E-state index >= 15 is 0 Å². The average molecular weight is 439 g/mol. The predicted molar refractivity (Wildman–Crippen MR) is 119 cm³/mol. The number of aromatic nitrogens is 2. The van der Waals surface area contributed by atoms with Crippen molar-refractivity contribution in [1.29, 1.82) is 5.53 Å². The van der Waals surface area contributed by atoms with E-state index in [2.05, 4.69) is 15.4 Å². The van der Waals surface area contributed by atoms with E-state index in [4.69, 9.17) is 21.0 Å². The van der Waals surface area contributed by atoms with Crippen LogP contribution in [0.4, 0.5) is 10.2 Å². The van der Waals surface area contributed by atoms with E-state index in [1.54, 1.807) is 18.3 Å². The lowest BCUT2D eigenvalue weighted by Crippen LogP contribution is -2.16. The molecule has 7 nitrogen and oxygen atoms in total. The summed E-state index contributed by atoms with van der Waals surface area (Å²) in [6.45, 7) is 6.39. The molecule has 0 amide bonds. The van der Waals surface area contributed by atoms with Crippen molar-refractivity contribution in [2.75, 3.05) is 12.3 Å². The number of rotatable bonds is 3. The first kappa shape index (κ1) is 20.9. The first-order valence-electron chi connectivity index (χ1n) is 9.94. The van der Waals surface area contributed by atoms with Gasteiger partial charge in [-0.15, -0.1) is 11.3 Å². The zero-order valence-corrected chi connectivity index (χ0v) is 18.3. The molecular formula is C22H23FN6OS. The van der Waals surface area contributed by atoms with Crippen LogP contribution < -0.4 is 15.8 Å². The van der Waals surface area contributed by atoms with E-state index in [-0.39, 0.29) is 11.6 Å². The lowest BCUT2D eigenvalue weighted by Gasteiger charge is -2.21. The van der Waals surface area contributed by atoms with Gasteiger partial charge in [-0.2, -0.15) is 5.11 Å². The molecule has 0 saturated carbocycles. The maximum atomic E-state index is 14.2.